The fourth-order valence-electron chi connectivity index (χ4n) is 1.80. The molecule has 0 spiro atoms. The Bertz CT molecular complexity index is 618. The third-order valence-corrected chi connectivity index (χ3v) is 3.15. The van der Waals surface area contributed by atoms with Crippen molar-refractivity contribution in [3.63, 3.8) is 0 Å². The van der Waals surface area contributed by atoms with Gasteiger partial charge in [-0.05, 0) is 25.0 Å². The molecule has 0 radical (unpaired) electrons. The molecule has 0 aliphatic heterocycles. The van der Waals surface area contributed by atoms with E-state index in [1.54, 1.807) is 0 Å². The number of carboxylic acids is 1. The lowest BCUT2D eigenvalue weighted by Crippen LogP contribution is -2.42. The Morgan fingerprint density at radius 1 is 1.45 bits per heavy atom. The second-order valence-electron chi connectivity index (χ2n) is 4.93. The lowest BCUT2D eigenvalue weighted by Gasteiger charge is -2.11. The summed E-state index contributed by atoms with van der Waals surface area (Å²) in [6.07, 6.45) is 1.85. The van der Waals surface area contributed by atoms with Crippen molar-refractivity contribution in [1.29, 1.82) is 0 Å². The lowest BCUT2D eigenvalue weighted by molar-refractivity contribution is -0.384. The molecule has 0 aromatic heterocycles. The van der Waals surface area contributed by atoms with E-state index >= 15 is 0 Å². The number of alkyl halides is 1. The topological polar surface area (TPSA) is 122 Å². The fraction of sp³-hybridized carbons (Fsp3) is 0.385. The molecule has 1 aromatic rings. The highest BCUT2D eigenvalue weighted by Crippen LogP contribution is 2.31. The molecule has 8 nitrogen and oxygen atoms in total. The molecule has 0 bridgehead atoms. The van der Waals surface area contributed by atoms with Gasteiger partial charge < -0.3 is 15.7 Å². The molecule has 1 amide bonds. The number of carbonyl (C=O) groups is 2. The summed E-state index contributed by atoms with van der Waals surface area (Å²) in [5, 5.41) is 24.7. The van der Waals surface area contributed by atoms with Crippen LogP contribution >= 0.6 is 0 Å². The molecular weight excluding hydrogens is 297 g/mol. The predicted molar refractivity (Wildman–Crippen MR) is 74.6 cm³/mol. The summed E-state index contributed by atoms with van der Waals surface area (Å²) in [7, 11) is 0. The zero-order valence-corrected chi connectivity index (χ0v) is 11.4. The number of hydrogen-bond donors (Lipinski definition) is 3. The van der Waals surface area contributed by atoms with E-state index in [2.05, 4.69) is 5.32 Å². The van der Waals surface area contributed by atoms with Crippen molar-refractivity contribution in [3.05, 3.63) is 33.9 Å². The molecular formula is C13H14FN3O5. The van der Waals surface area contributed by atoms with E-state index in [9.17, 15) is 24.1 Å². The van der Waals surface area contributed by atoms with Gasteiger partial charge in [0.05, 0.1) is 4.92 Å². The standard InChI is InChI=1S/C13H14FN3O5/c14-6-10(13(19)20)16-12(18)7-1-4-9(15-8-2-3-8)11(5-7)17(21)22/h1,4-5,8,10,15H,2-3,6H2,(H,16,18)(H,19,20). The maximum absolute atomic E-state index is 12.5. The third kappa shape index (κ3) is 3.68. The molecule has 9 heteroatoms. The van der Waals surface area contributed by atoms with Crippen LogP contribution in [0.4, 0.5) is 15.8 Å². The van der Waals surface area contributed by atoms with E-state index < -0.39 is 29.5 Å². The van der Waals surface area contributed by atoms with Crippen molar-refractivity contribution in [2.24, 2.45) is 0 Å². The molecule has 1 atom stereocenters. The molecule has 118 valence electrons. The third-order valence-electron chi connectivity index (χ3n) is 3.15. The number of nitrogens with one attached hydrogen (secondary N) is 2. The predicted octanol–water partition coefficient (Wildman–Crippen LogP) is 1.32. The van der Waals surface area contributed by atoms with E-state index in [1.165, 1.54) is 12.1 Å². The SMILES string of the molecule is O=C(NC(CF)C(=O)O)c1ccc(NC2CC2)c([N+](=O)[O-])c1. The summed E-state index contributed by atoms with van der Waals surface area (Å²) in [6, 6.07) is 2.26. The first-order valence-electron chi connectivity index (χ1n) is 6.57. The molecule has 1 aliphatic carbocycles. The van der Waals surface area contributed by atoms with Crippen LogP contribution in [0.3, 0.4) is 0 Å². The first-order valence-corrected chi connectivity index (χ1v) is 6.57. The quantitative estimate of drug-likeness (QED) is 0.516. The number of benzene rings is 1. The van der Waals surface area contributed by atoms with Crippen LogP contribution in [-0.2, 0) is 4.79 Å². The number of halogens is 1. The highest BCUT2D eigenvalue weighted by molar-refractivity contribution is 5.97. The molecule has 1 aliphatic rings. The Hall–Kier alpha value is -2.71. The van der Waals surface area contributed by atoms with E-state index in [-0.39, 0.29) is 17.3 Å². The average molecular weight is 311 g/mol. The molecule has 1 saturated carbocycles. The Labute approximate surface area is 124 Å². The first kappa shape index (κ1) is 15.7. The number of rotatable bonds is 7. The number of carboxylic acid groups (broad SMARTS) is 1. The number of aliphatic carboxylic acids is 1. The highest BCUT2D eigenvalue weighted by atomic mass is 19.1. The molecule has 1 unspecified atom stereocenters. The Kier molecular flexibility index (Phi) is 4.54. The van der Waals surface area contributed by atoms with Gasteiger partial charge in [0.15, 0.2) is 6.04 Å². The van der Waals surface area contributed by atoms with Crippen LogP contribution in [0.2, 0.25) is 0 Å². The van der Waals surface area contributed by atoms with Crippen molar-refractivity contribution >= 4 is 23.3 Å². The summed E-state index contributed by atoms with van der Waals surface area (Å²) in [5.41, 5.74) is -0.0938. The average Bonchev–Trinajstić information content (AvgIpc) is 3.28. The van der Waals surface area contributed by atoms with Crippen LogP contribution in [0.5, 0.6) is 0 Å². The summed E-state index contributed by atoms with van der Waals surface area (Å²) in [5.74, 6) is -2.40. The number of nitro groups is 1. The van der Waals surface area contributed by atoms with Crippen molar-refractivity contribution < 1.29 is 24.0 Å². The fourth-order valence-corrected chi connectivity index (χ4v) is 1.80. The molecule has 1 aromatic carbocycles. The summed E-state index contributed by atoms with van der Waals surface area (Å²) >= 11 is 0. The summed E-state index contributed by atoms with van der Waals surface area (Å²) in [4.78, 5) is 33.0. The Balaban J connectivity index is 2.20. The number of amides is 1. The second-order valence-corrected chi connectivity index (χ2v) is 4.93. The van der Waals surface area contributed by atoms with Gasteiger partial charge in [0.2, 0.25) is 0 Å². The number of nitrogens with zero attached hydrogens (tertiary/aromatic N) is 1. The van der Waals surface area contributed by atoms with E-state index in [4.69, 9.17) is 5.11 Å². The lowest BCUT2D eigenvalue weighted by atomic mass is 10.1. The maximum Gasteiger partial charge on any atom is 0.328 e. The van der Waals surface area contributed by atoms with Gasteiger partial charge >= 0.3 is 5.97 Å². The normalized spacial score (nSPS) is 15.0. The number of carbonyl (C=O) groups excluding carboxylic acids is 1. The van der Waals surface area contributed by atoms with Crippen LogP contribution in [0, 0.1) is 10.1 Å². The molecule has 2 rings (SSSR count). The first-order chi connectivity index (χ1) is 10.4. The van der Waals surface area contributed by atoms with Crippen molar-refractivity contribution in [1.82, 2.24) is 5.32 Å². The van der Waals surface area contributed by atoms with Gasteiger partial charge in [0.25, 0.3) is 11.6 Å². The molecule has 3 N–H and O–H groups in total. The second kappa shape index (κ2) is 6.37. The van der Waals surface area contributed by atoms with Crippen LogP contribution < -0.4 is 10.6 Å². The van der Waals surface area contributed by atoms with Gasteiger partial charge in [0, 0.05) is 17.7 Å². The van der Waals surface area contributed by atoms with Crippen molar-refractivity contribution in [2.75, 3.05) is 12.0 Å². The van der Waals surface area contributed by atoms with Gasteiger partial charge in [-0.3, -0.25) is 14.9 Å². The Morgan fingerprint density at radius 2 is 2.14 bits per heavy atom. The summed E-state index contributed by atoms with van der Waals surface area (Å²) < 4.78 is 12.5. The van der Waals surface area contributed by atoms with E-state index in [0.29, 0.717) is 5.69 Å². The van der Waals surface area contributed by atoms with Gasteiger partial charge in [-0.25, -0.2) is 9.18 Å². The van der Waals surface area contributed by atoms with Crippen molar-refractivity contribution in [2.45, 2.75) is 24.9 Å². The van der Waals surface area contributed by atoms with E-state index in [0.717, 1.165) is 18.9 Å². The number of nitro benzene ring substituents is 1. The monoisotopic (exact) mass is 311 g/mol. The summed E-state index contributed by atoms with van der Waals surface area (Å²) in [6.45, 7) is -1.27. The number of anilines is 1. The van der Waals surface area contributed by atoms with Gasteiger partial charge in [0.1, 0.15) is 12.4 Å². The van der Waals surface area contributed by atoms with Crippen LogP contribution in [0.25, 0.3) is 0 Å². The minimum Gasteiger partial charge on any atom is -0.480 e. The molecule has 0 heterocycles. The minimum absolute atomic E-state index is 0.104. The van der Waals surface area contributed by atoms with Gasteiger partial charge in [-0.1, -0.05) is 0 Å². The van der Waals surface area contributed by atoms with E-state index in [1.807, 2.05) is 5.32 Å². The Morgan fingerprint density at radius 3 is 2.64 bits per heavy atom. The van der Waals surface area contributed by atoms with Gasteiger partial charge in [-0.15, -0.1) is 0 Å². The highest BCUT2D eigenvalue weighted by Gasteiger charge is 2.26. The van der Waals surface area contributed by atoms with Crippen LogP contribution in [0.1, 0.15) is 23.2 Å². The molecule has 0 saturated heterocycles. The van der Waals surface area contributed by atoms with Crippen molar-refractivity contribution in [3.8, 4) is 0 Å². The van der Waals surface area contributed by atoms with Crippen LogP contribution in [-0.4, -0.2) is 40.7 Å². The number of hydrogen-bond acceptors (Lipinski definition) is 5. The smallest absolute Gasteiger partial charge is 0.328 e. The molecule has 22 heavy (non-hydrogen) atoms. The zero-order chi connectivity index (χ0) is 16.3. The maximum atomic E-state index is 12.5. The largest absolute Gasteiger partial charge is 0.480 e. The molecule has 1 fully saturated rings. The van der Waals surface area contributed by atoms with Crippen LogP contribution in [0.15, 0.2) is 18.2 Å². The minimum atomic E-state index is -1.68. The van der Waals surface area contributed by atoms with Gasteiger partial charge in [-0.2, -0.15) is 0 Å². The zero-order valence-electron chi connectivity index (χ0n) is 11.4.